The summed E-state index contributed by atoms with van der Waals surface area (Å²) in [5.41, 5.74) is 2.17. The molecule has 0 N–H and O–H groups in total. The van der Waals surface area contributed by atoms with E-state index in [0.29, 0.717) is 37.3 Å². The van der Waals surface area contributed by atoms with E-state index in [1.807, 2.05) is 32.0 Å². The predicted octanol–water partition coefficient (Wildman–Crippen LogP) is 4.28. The normalized spacial score (nSPS) is 21.6. The number of piperidine rings is 1. The summed E-state index contributed by atoms with van der Waals surface area (Å²) in [6.45, 7) is 8.29. The van der Waals surface area contributed by atoms with Crippen LogP contribution in [0.1, 0.15) is 65.9 Å². The Morgan fingerprint density at radius 2 is 1.50 bits per heavy atom. The molecule has 170 valence electrons. The second-order valence-electron chi connectivity index (χ2n) is 8.48. The molecule has 2 heterocycles. The Morgan fingerprint density at radius 1 is 0.938 bits per heavy atom. The maximum Gasteiger partial charge on any atom is 0.261 e. The van der Waals surface area contributed by atoms with Crippen LogP contribution >= 0.6 is 0 Å². The van der Waals surface area contributed by atoms with Crippen LogP contribution in [0.4, 0.5) is 0 Å². The molecule has 6 nitrogen and oxygen atoms in total. The molecule has 0 saturated carbocycles. The minimum absolute atomic E-state index is 0.0840. The third kappa shape index (κ3) is 4.22. The molecule has 1 saturated heterocycles. The average molecular weight is 437 g/mol. The van der Waals surface area contributed by atoms with Crippen LogP contribution in [0.25, 0.3) is 0 Å². The van der Waals surface area contributed by atoms with Crippen molar-refractivity contribution in [2.45, 2.75) is 51.5 Å². The van der Waals surface area contributed by atoms with Gasteiger partial charge in [-0.15, -0.1) is 0 Å². The van der Waals surface area contributed by atoms with Gasteiger partial charge in [0.15, 0.2) is 5.79 Å². The number of fused-ring (bicyclic) bond motifs is 1. The zero-order valence-corrected chi connectivity index (χ0v) is 19.1. The minimum atomic E-state index is -0.695. The van der Waals surface area contributed by atoms with Gasteiger partial charge in [0.05, 0.1) is 11.1 Å². The first-order valence-electron chi connectivity index (χ1n) is 11.5. The number of benzene rings is 2. The maximum absolute atomic E-state index is 13.1. The van der Waals surface area contributed by atoms with Crippen molar-refractivity contribution in [2.24, 2.45) is 0 Å². The summed E-state index contributed by atoms with van der Waals surface area (Å²) in [6, 6.07) is 17.4. The van der Waals surface area contributed by atoms with E-state index in [2.05, 4.69) is 24.0 Å². The predicted molar refractivity (Wildman–Crippen MR) is 122 cm³/mol. The summed E-state index contributed by atoms with van der Waals surface area (Å²) in [5.74, 6) is -1.14. The number of hydrogen-bond acceptors (Lipinski definition) is 5. The first-order valence-corrected chi connectivity index (χ1v) is 11.5. The smallest absolute Gasteiger partial charge is 0.261 e. The zero-order valence-electron chi connectivity index (χ0n) is 19.1. The SMILES string of the molecule is CCOC1(OCC)CCN([C@@H](C)c2ccccc2)[C@@H](CN2C(=O)c3ccccc3C2=O)C1. The number of amides is 2. The number of carbonyl (C=O) groups is 2. The Morgan fingerprint density at radius 3 is 2.06 bits per heavy atom. The molecular formula is C26H32N2O4. The van der Waals surface area contributed by atoms with Gasteiger partial charge >= 0.3 is 0 Å². The van der Waals surface area contributed by atoms with Crippen molar-refractivity contribution in [3.8, 4) is 0 Å². The van der Waals surface area contributed by atoms with E-state index in [4.69, 9.17) is 9.47 Å². The summed E-state index contributed by atoms with van der Waals surface area (Å²) >= 11 is 0. The highest BCUT2D eigenvalue weighted by Crippen LogP contribution is 2.37. The molecule has 0 spiro atoms. The molecule has 2 aromatic rings. The second kappa shape index (κ2) is 9.53. The van der Waals surface area contributed by atoms with E-state index in [-0.39, 0.29) is 23.9 Å². The fourth-order valence-electron chi connectivity index (χ4n) is 5.11. The molecule has 1 fully saturated rings. The van der Waals surface area contributed by atoms with Crippen molar-refractivity contribution in [1.82, 2.24) is 9.80 Å². The Hall–Kier alpha value is -2.54. The topological polar surface area (TPSA) is 59.1 Å². The van der Waals surface area contributed by atoms with E-state index in [1.165, 1.54) is 10.5 Å². The van der Waals surface area contributed by atoms with Crippen molar-refractivity contribution in [3.05, 3.63) is 71.3 Å². The van der Waals surface area contributed by atoms with Crippen molar-refractivity contribution in [1.29, 1.82) is 0 Å². The molecule has 6 heteroatoms. The Kier molecular flexibility index (Phi) is 6.74. The van der Waals surface area contributed by atoms with Gasteiger partial charge < -0.3 is 9.47 Å². The molecule has 4 rings (SSSR count). The lowest BCUT2D eigenvalue weighted by molar-refractivity contribution is -0.263. The second-order valence-corrected chi connectivity index (χ2v) is 8.48. The minimum Gasteiger partial charge on any atom is -0.350 e. The van der Waals surface area contributed by atoms with E-state index in [9.17, 15) is 9.59 Å². The number of hydrogen-bond donors (Lipinski definition) is 0. The van der Waals surface area contributed by atoms with Crippen LogP contribution in [0, 0.1) is 0 Å². The van der Waals surface area contributed by atoms with Gasteiger partial charge in [0.25, 0.3) is 11.8 Å². The fourth-order valence-corrected chi connectivity index (χ4v) is 5.11. The molecule has 2 aliphatic rings. The number of ether oxygens (including phenoxy) is 2. The Labute approximate surface area is 190 Å². The lowest BCUT2D eigenvalue weighted by Gasteiger charge is -2.48. The van der Waals surface area contributed by atoms with Gasteiger partial charge in [-0.3, -0.25) is 19.4 Å². The number of likely N-dealkylation sites (tertiary alicyclic amines) is 1. The van der Waals surface area contributed by atoms with Gasteiger partial charge in [0.1, 0.15) is 0 Å². The van der Waals surface area contributed by atoms with Crippen LogP contribution in [-0.4, -0.2) is 59.7 Å². The van der Waals surface area contributed by atoms with Crippen molar-refractivity contribution >= 4 is 11.8 Å². The van der Waals surface area contributed by atoms with E-state index in [1.54, 1.807) is 24.3 Å². The van der Waals surface area contributed by atoms with Crippen LogP contribution in [0.3, 0.4) is 0 Å². The summed E-state index contributed by atoms with van der Waals surface area (Å²) in [7, 11) is 0. The zero-order chi connectivity index (χ0) is 22.7. The van der Waals surface area contributed by atoms with Crippen LogP contribution in [0.2, 0.25) is 0 Å². The number of nitrogens with zero attached hydrogens (tertiary/aromatic N) is 2. The first kappa shape index (κ1) is 22.6. The van der Waals surface area contributed by atoms with Gasteiger partial charge in [-0.2, -0.15) is 0 Å². The summed E-state index contributed by atoms with van der Waals surface area (Å²) in [5, 5.41) is 0. The van der Waals surface area contributed by atoms with Crippen molar-refractivity contribution in [2.75, 3.05) is 26.3 Å². The molecule has 2 atom stereocenters. The first-order chi connectivity index (χ1) is 15.5. The van der Waals surface area contributed by atoms with Crippen LogP contribution in [-0.2, 0) is 9.47 Å². The third-order valence-corrected chi connectivity index (χ3v) is 6.63. The molecule has 0 aromatic heterocycles. The molecule has 32 heavy (non-hydrogen) atoms. The highest BCUT2D eigenvalue weighted by atomic mass is 16.7. The third-order valence-electron chi connectivity index (χ3n) is 6.63. The number of imide groups is 1. The van der Waals surface area contributed by atoms with Gasteiger partial charge in [-0.05, 0) is 38.5 Å². The summed E-state index contributed by atoms with van der Waals surface area (Å²) in [4.78, 5) is 29.9. The Bertz CT molecular complexity index is 920. The molecule has 0 aliphatic carbocycles. The molecule has 0 unspecified atom stereocenters. The average Bonchev–Trinajstić information content (AvgIpc) is 3.05. The van der Waals surface area contributed by atoms with Crippen molar-refractivity contribution < 1.29 is 19.1 Å². The molecule has 2 amide bonds. The molecular weight excluding hydrogens is 404 g/mol. The fraction of sp³-hybridized carbons (Fsp3) is 0.462. The molecule has 0 radical (unpaired) electrons. The van der Waals surface area contributed by atoms with Gasteiger partial charge in [0.2, 0.25) is 0 Å². The summed E-state index contributed by atoms with van der Waals surface area (Å²) < 4.78 is 12.2. The van der Waals surface area contributed by atoms with Crippen LogP contribution in [0.5, 0.6) is 0 Å². The molecule has 2 aromatic carbocycles. The number of rotatable bonds is 8. The highest BCUT2D eigenvalue weighted by molar-refractivity contribution is 6.21. The molecule has 0 bridgehead atoms. The quantitative estimate of drug-likeness (QED) is 0.457. The summed E-state index contributed by atoms with van der Waals surface area (Å²) in [6.07, 6.45) is 1.34. The van der Waals surface area contributed by atoms with Crippen molar-refractivity contribution in [3.63, 3.8) is 0 Å². The largest absolute Gasteiger partial charge is 0.350 e. The standard InChI is InChI=1S/C26H32N2O4/c1-4-31-26(32-5-2)15-16-27(19(3)20-11-7-6-8-12-20)21(17-26)18-28-24(29)22-13-9-10-14-23(22)25(28)30/h6-14,19,21H,4-5,15-18H2,1-3H3/t19-,21+/m0/s1. The monoisotopic (exact) mass is 436 g/mol. The van der Waals surface area contributed by atoms with Crippen LogP contribution < -0.4 is 0 Å². The maximum atomic E-state index is 13.1. The van der Waals surface area contributed by atoms with E-state index < -0.39 is 5.79 Å². The van der Waals surface area contributed by atoms with Crippen LogP contribution in [0.15, 0.2) is 54.6 Å². The van der Waals surface area contributed by atoms with Gasteiger partial charge in [0, 0.05) is 51.2 Å². The van der Waals surface area contributed by atoms with E-state index >= 15 is 0 Å². The Balaban J connectivity index is 1.63. The highest BCUT2D eigenvalue weighted by Gasteiger charge is 2.46. The molecule has 2 aliphatic heterocycles. The van der Waals surface area contributed by atoms with E-state index in [0.717, 1.165) is 13.0 Å². The number of carbonyl (C=O) groups excluding carboxylic acids is 2. The van der Waals surface area contributed by atoms with Gasteiger partial charge in [-0.25, -0.2) is 0 Å². The van der Waals surface area contributed by atoms with Gasteiger partial charge in [-0.1, -0.05) is 42.5 Å². The lowest BCUT2D eigenvalue weighted by atomic mass is 9.92. The lowest BCUT2D eigenvalue weighted by Crippen LogP contribution is -2.57.